The Kier molecular flexibility index (Phi) is 2.73. The monoisotopic (exact) mass is 206 g/mol. The molecule has 2 N–H and O–H groups in total. The molecule has 2 rings (SSSR count). The molecule has 2 atom stereocenters. The van der Waals surface area contributed by atoms with Crippen molar-refractivity contribution in [2.24, 2.45) is 0 Å². The van der Waals surface area contributed by atoms with Crippen LogP contribution in [0.5, 0.6) is 0 Å². The molecule has 0 aliphatic heterocycles. The van der Waals surface area contributed by atoms with Crippen LogP contribution in [-0.4, -0.2) is 22.3 Å². The van der Waals surface area contributed by atoms with Gasteiger partial charge >= 0.3 is 5.97 Å². The van der Waals surface area contributed by atoms with Gasteiger partial charge in [-0.1, -0.05) is 12.1 Å². The molecule has 1 aromatic rings. The number of rotatable bonds is 2. The zero-order valence-corrected chi connectivity index (χ0v) is 8.39. The van der Waals surface area contributed by atoms with Gasteiger partial charge < -0.3 is 10.2 Å². The molecule has 1 fully saturated rings. The standard InChI is InChI=1S/C12H14O3/c13-11-6-5-10(7-11)8-1-3-9(4-2-8)12(14)15/h1-4,10-11,13H,5-7H2,(H,14,15). The first kappa shape index (κ1) is 10.2. The van der Waals surface area contributed by atoms with E-state index in [1.165, 1.54) is 0 Å². The molecule has 0 spiro atoms. The van der Waals surface area contributed by atoms with Crippen LogP contribution in [0.4, 0.5) is 0 Å². The van der Waals surface area contributed by atoms with E-state index in [9.17, 15) is 9.90 Å². The smallest absolute Gasteiger partial charge is 0.335 e. The summed E-state index contributed by atoms with van der Waals surface area (Å²) in [7, 11) is 0. The summed E-state index contributed by atoms with van der Waals surface area (Å²) in [6.07, 6.45) is 2.46. The molecule has 15 heavy (non-hydrogen) atoms. The van der Waals surface area contributed by atoms with Gasteiger partial charge in [0.05, 0.1) is 11.7 Å². The van der Waals surface area contributed by atoms with Crippen LogP contribution in [0, 0.1) is 0 Å². The topological polar surface area (TPSA) is 57.5 Å². The van der Waals surface area contributed by atoms with Gasteiger partial charge in [-0.05, 0) is 42.9 Å². The third-order valence-electron chi connectivity index (χ3n) is 3.03. The first-order chi connectivity index (χ1) is 7.16. The lowest BCUT2D eigenvalue weighted by molar-refractivity contribution is 0.0697. The molecule has 0 amide bonds. The second-order valence-electron chi connectivity index (χ2n) is 4.09. The molecule has 80 valence electrons. The van der Waals surface area contributed by atoms with Gasteiger partial charge in [-0.2, -0.15) is 0 Å². The van der Waals surface area contributed by atoms with Crippen LogP contribution >= 0.6 is 0 Å². The highest BCUT2D eigenvalue weighted by Crippen LogP contribution is 2.34. The van der Waals surface area contributed by atoms with Crippen LogP contribution in [-0.2, 0) is 0 Å². The quantitative estimate of drug-likeness (QED) is 0.778. The third-order valence-corrected chi connectivity index (χ3v) is 3.03. The van der Waals surface area contributed by atoms with Crippen molar-refractivity contribution < 1.29 is 15.0 Å². The first-order valence-corrected chi connectivity index (χ1v) is 5.18. The van der Waals surface area contributed by atoms with Crippen molar-refractivity contribution in [1.82, 2.24) is 0 Å². The van der Waals surface area contributed by atoms with Gasteiger partial charge in [0.1, 0.15) is 0 Å². The van der Waals surface area contributed by atoms with E-state index in [1.54, 1.807) is 12.1 Å². The molecular weight excluding hydrogens is 192 g/mol. The number of aliphatic hydroxyl groups excluding tert-OH is 1. The number of carbonyl (C=O) groups is 1. The Morgan fingerprint density at radius 2 is 1.87 bits per heavy atom. The molecule has 3 heteroatoms. The van der Waals surface area contributed by atoms with E-state index in [1.807, 2.05) is 12.1 Å². The van der Waals surface area contributed by atoms with Gasteiger partial charge in [0.15, 0.2) is 0 Å². The highest BCUT2D eigenvalue weighted by atomic mass is 16.4. The number of hydrogen-bond donors (Lipinski definition) is 2. The fraction of sp³-hybridized carbons (Fsp3) is 0.417. The molecule has 3 nitrogen and oxygen atoms in total. The number of benzene rings is 1. The molecule has 2 unspecified atom stereocenters. The molecule has 0 saturated heterocycles. The Morgan fingerprint density at radius 1 is 1.20 bits per heavy atom. The number of carboxylic acids is 1. The Labute approximate surface area is 88.4 Å². The van der Waals surface area contributed by atoms with Gasteiger partial charge in [-0.15, -0.1) is 0 Å². The molecule has 0 radical (unpaired) electrons. The summed E-state index contributed by atoms with van der Waals surface area (Å²) < 4.78 is 0. The summed E-state index contributed by atoms with van der Waals surface area (Å²) in [5, 5.41) is 18.2. The third kappa shape index (κ3) is 2.18. The molecule has 0 bridgehead atoms. The van der Waals surface area contributed by atoms with E-state index in [2.05, 4.69) is 0 Å². The van der Waals surface area contributed by atoms with Gasteiger partial charge in [0.2, 0.25) is 0 Å². The van der Waals surface area contributed by atoms with Crippen molar-refractivity contribution in [3.8, 4) is 0 Å². The molecule has 1 saturated carbocycles. The van der Waals surface area contributed by atoms with Crippen molar-refractivity contribution >= 4 is 5.97 Å². The maximum absolute atomic E-state index is 10.6. The van der Waals surface area contributed by atoms with Crippen LogP contribution in [0.1, 0.15) is 41.1 Å². The Hall–Kier alpha value is -1.35. The van der Waals surface area contributed by atoms with E-state index in [4.69, 9.17) is 5.11 Å². The Morgan fingerprint density at radius 3 is 2.33 bits per heavy atom. The zero-order chi connectivity index (χ0) is 10.8. The molecule has 0 heterocycles. The highest BCUT2D eigenvalue weighted by molar-refractivity contribution is 5.87. The number of hydrogen-bond acceptors (Lipinski definition) is 2. The van der Waals surface area contributed by atoms with E-state index >= 15 is 0 Å². The number of aromatic carboxylic acids is 1. The summed E-state index contributed by atoms with van der Waals surface area (Å²) in [4.78, 5) is 10.6. The second kappa shape index (κ2) is 4.03. The van der Waals surface area contributed by atoms with Gasteiger partial charge in [0, 0.05) is 0 Å². The molecule has 1 aromatic carbocycles. The van der Waals surface area contributed by atoms with Crippen molar-refractivity contribution in [1.29, 1.82) is 0 Å². The lowest BCUT2D eigenvalue weighted by atomic mass is 9.96. The number of carboxylic acid groups (broad SMARTS) is 1. The fourth-order valence-electron chi connectivity index (χ4n) is 2.16. The molecular formula is C12H14O3. The van der Waals surface area contributed by atoms with Crippen LogP contribution in [0.2, 0.25) is 0 Å². The molecule has 1 aliphatic carbocycles. The lowest BCUT2D eigenvalue weighted by Gasteiger charge is -2.09. The maximum atomic E-state index is 10.6. The van der Waals surface area contributed by atoms with E-state index < -0.39 is 5.97 Å². The highest BCUT2D eigenvalue weighted by Gasteiger charge is 2.23. The average molecular weight is 206 g/mol. The van der Waals surface area contributed by atoms with Crippen LogP contribution < -0.4 is 0 Å². The van der Waals surface area contributed by atoms with E-state index in [0.29, 0.717) is 11.5 Å². The minimum absolute atomic E-state index is 0.186. The maximum Gasteiger partial charge on any atom is 0.335 e. The zero-order valence-electron chi connectivity index (χ0n) is 8.39. The van der Waals surface area contributed by atoms with Gasteiger partial charge in [-0.25, -0.2) is 4.79 Å². The van der Waals surface area contributed by atoms with Crippen molar-refractivity contribution in [2.75, 3.05) is 0 Å². The second-order valence-corrected chi connectivity index (χ2v) is 4.09. The largest absolute Gasteiger partial charge is 0.478 e. The predicted octanol–water partition coefficient (Wildman–Crippen LogP) is 2.01. The minimum Gasteiger partial charge on any atom is -0.478 e. The Balaban J connectivity index is 2.13. The summed E-state index contributed by atoms with van der Waals surface area (Å²) in [6.45, 7) is 0. The first-order valence-electron chi connectivity index (χ1n) is 5.18. The van der Waals surface area contributed by atoms with Crippen LogP contribution in [0.25, 0.3) is 0 Å². The lowest BCUT2D eigenvalue weighted by Crippen LogP contribution is -2.00. The summed E-state index contributed by atoms with van der Waals surface area (Å²) in [6, 6.07) is 6.96. The summed E-state index contributed by atoms with van der Waals surface area (Å²) in [5.74, 6) is -0.504. The SMILES string of the molecule is O=C(O)c1ccc(C2CCC(O)C2)cc1. The van der Waals surface area contributed by atoms with Crippen molar-refractivity contribution in [3.63, 3.8) is 0 Å². The van der Waals surface area contributed by atoms with Crippen LogP contribution in [0.15, 0.2) is 24.3 Å². The van der Waals surface area contributed by atoms with Gasteiger partial charge in [0.25, 0.3) is 0 Å². The van der Waals surface area contributed by atoms with E-state index in [-0.39, 0.29) is 6.10 Å². The van der Waals surface area contributed by atoms with Crippen LogP contribution in [0.3, 0.4) is 0 Å². The minimum atomic E-state index is -0.895. The molecule has 1 aliphatic rings. The summed E-state index contributed by atoms with van der Waals surface area (Å²) >= 11 is 0. The van der Waals surface area contributed by atoms with Crippen molar-refractivity contribution in [2.45, 2.75) is 31.3 Å². The van der Waals surface area contributed by atoms with E-state index in [0.717, 1.165) is 24.8 Å². The number of aliphatic hydroxyl groups is 1. The van der Waals surface area contributed by atoms with Crippen molar-refractivity contribution in [3.05, 3.63) is 35.4 Å². The normalized spacial score (nSPS) is 25.4. The average Bonchev–Trinajstić information content (AvgIpc) is 2.65. The Bertz CT molecular complexity index is 356. The predicted molar refractivity (Wildman–Crippen MR) is 56.0 cm³/mol. The van der Waals surface area contributed by atoms with Gasteiger partial charge in [-0.3, -0.25) is 0 Å². The summed E-state index contributed by atoms with van der Waals surface area (Å²) in [5.41, 5.74) is 1.45. The molecule has 0 aromatic heterocycles. The fourth-order valence-corrected chi connectivity index (χ4v) is 2.16.